The van der Waals surface area contributed by atoms with E-state index in [4.69, 9.17) is 4.74 Å². The summed E-state index contributed by atoms with van der Waals surface area (Å²) in [6.45, 7) is 5.17. The average Bonchev–Trinajstić information content (AvgIpc) is 2.69. The lowest BCUT2D eigenvalue weighted by Gasteiger charge is -2.19. The van der Waals surface area contributed by atoms with Crippen LogP contribution in [0.2, 0.25) is 0 Å². The normalized spacial score (nSPS) is 11.5. The van der Waals surface area contributed by atoms with E-state index in [-0.39, 0.29) is 16.9 Å². The molecule has 19 heavy (non-hydrogen) atoms. The van der Waals surface area contributed by atoms with Gasteiger partial charge in [0.25, 0.3) is 5.69 Å². The quantitative estimate of drug-likeness (QED) is 0.577. The molecule has 0 N–H and O–H groups in total. The summed E-state index contributed by atoms with van der Waals surface area (Å²) in [6.07, 6.45) is 1.74. The van der Waals surface area contributed by atoms with Gasteiger partial charge in [0.05, 0.1) is 4.92 Å². The van der Waals surface area contributed by atoms with Gasteiger partial charge in [-0.05, 0) is 20.8 Å². The van der Waals surface area contributed by atoms with Crippen molar-refractivity contribution in [3.8, 4) is 0 Å². The number of aromatic nitrogens is 3. The van der Waals surface area contributed by atoms with E-state index in [1.807, 2.05) is 0 Å². The van der Waals surface area contributed by atoms with Crippen LogP contribution in [0.25, 0.3) is 11.2 Å². The van der Waals surface area contributed by atoms with Crippen LogP contribution in [0, 0.1) is 10.1 Å². The first-order chi connectivity index (χ1) is 8.79. The highest BCUT2D eigenvalue weighted by Crippen LogP contribution is 2.22. The maximum atomic E-state index is 11.9. The van der Waals surface area contributed by atoms with E-state index >= 15 is 0 Å². The van der Waals surface area contributed by atoms with Crippen LogP contribution in [0.5, 0.6) is 0 Å². The number of hydrogen-bond donors (Lipinski definition) is 0. The number of pyridine rings is 1. The summed E-state index contributed by atoms with van der Waals surface area (Å²) in [5, 5.41) is 10.8. The van der Waals surface area contributed by atoms with Crippen LogP contribution in [0.1, 0.15) is 20.8 Å². The Balaban J connectivity index is 2.50. The number of nitro groups is 1. The van der Waals surface area contributed by atoms with E-state index < -0.39 is 16.6 Å². The minimum absolute atomic E-state index is 0.0540. The fraction of sp³-hybridized carbons (Fsp3) is 0.364. The molecule has 0 saturated heterocycles. The molecule has 8 heteroatoms. The monoisotopic (exact) mass is 264 g/mol. The Bertz CT molecular complexity index is 656. The van der Waals surface area contributed by atoms with Crippen molar-refractivity contribution in [1.29, 1.82) is 0 Å². The topological polar surface area (TPSA) is 100 Å². The molecule has 0 aliphatic carbocycles. The van der Waals surface area contributed by atoms with Crippen LogP contribution < -0.4 is 0 Å². The van der Waals surface area contributed by atoms with Crippen LogP contribution in [-0.2, 0) is 4.74 Å². The third-order valence-corrected chi connectivity index (χ3v) is 2.20. The first kappa shape index (κ1) is 12.9. The maximum absolute atomic E-state index is 11.9. The summed E-state index contributed by atoms with van der Waals surface area (Å²) in [6, 6.07) is 1.23. The Hall–Kier alpha value is -2.51. The molecule has 0 amide bonds. The molecule has 0 aliphatic rings. The first-order valence-electron chi connectivity index (χ1n) is 5.49. The van der Waals surface area contributed by atoms with E-state index in [0.29, 0.717) is 0 Å². The summed E-state index contributed by atoms with van der Waals surface area (Å²) >= 11 is 0. The molecule has 2 heterocycles. The van der Waals surface area contributed by atoms with Crippen molar-refractivity contribution in [2.75, 3.05) is 0 Å². The lowest BCUT2D eigenvalue weighted by molar-refractivity contribution is -0.383. The molecule has 0 saturated carbocycles. The smallest absolute Gasteiger partial charge is 0.421 e. The molecule has 0 aromatic carbocycles. The Morgan fingerprint density at radius 1 is 1.42 bits per heavy atom. The lowest BCUT2D eigenvalue weighted by Crippen LogP contribution is -2.26. The van der Waals surface area contributed by atoms with Gasteiger partial charge in [-0.3, -0.25) is 10.1 Å². The molecule has 0 spiro atoms. The largest absolute Gasteiger partial charge is 0.443 e. The van der Waals surface area contributed by atoms with Gasteiger partial charge < -0.3 is 4.74 Å². The molecule has 2 rings (SSSR count). The van der Waals surface area contributed by atoms with Crippen LogP contribution in [0.15, 0.2) is 18.6 Å². The molecule has 0 radical (unpaired) electrons. The average molecular weight is 264 g/mol. The van der Waals surface area contributed by atoms with Crippen LogP contribution >= 0.6 is 0 Å². The maximum Gasteiger partial charge on any atom is 0.421 e. The van der Waals surface area contributed by atoms with Gasteiger partial charge in [-0.1, -0.05) is 0 Å². The van der Waals surface area contributed by atoms with E-state index in [1.165, 1.54) is 18.6 Å². The molecular weight excluding hydrogens is 252 g/mol. The molecule has 0 bridgehead atoms. The fourth-order valence-corrected chi connectivity index (χ4v) is 1.50. The van der Waals surface area contributed by atoms with Crippen molar-refractivity contribution in [2.45, 2.75) is 26.4 Å². The number of imidazole rings is 1. The standard InChI is InChI=1S/C11H12N4O4/c1-11(2,3)19-10(16)14-6-13-8-7(15(17)18)4-5-12-9(8)14/h4-6H,1-3H3. The molecular formula is C11H12N4O4. The zero-order chi connectivity index (χ0) is 14.2. The van der Waals surface area contributed by atoms with E-state index in [2.05, 4.69) is 9.97 Å². The van der Waals surface area contributed by atoms with E-state index in [1.54, 1.807) is 20.8 Å². The van der Waals surface area contributed by atoms with Crippen LogP contribution in [0.3, 0.4) is 0 Å². The van der Waals surface area contributed by atoms with Crippen molar-refractivity contribution in [2.24, 2.45) is 0 Å². The number of carbonyl (C=O) groups excluding carboxylic acids is 1. The summed E-state index contributed by atoms with van der Waals surface area (Å²) in [7, 11) is 0. The molecule has 8 nitrogen and oxygen atoms in total. The van der Waals surface area contributed by atoms with Crippen molar-refractivity contribution in [3.63, 3.8) is 0 Å². The summed E-state index contributed by atoms with van der Waals surface area (Å²) in [5.74, 6) is 0. The second-order valence-electron chi connectivity index (χ2n) is 4.85. The molecule has 0 aliphatic heterocycles. The third kappa shape index (κ3) is 2.51. The van der Waals surface area contributed by atoms with Crippen LogP contribution in [0.4, 0.5) is 10.5 Å². The van der Waals surface area contributed by atoms with Gasteiger partial charge in [0, 0.05) is 12.3 Å². The van der Waals surface area contributed by atoms with Crippen LogP contribution in [-0.4, -0.2) is 31.2 Å². The van der Waals surface area contributed by atoms with Crippen molar-refractivity contribution >= 4 is 22.9 Å². The second kappa shape index (κ2) is 4.30. The summed E-state index contributed by atoms with van der Waals surface area (Å²) in [4.78, 5) is 29.9. The molecule has 0 atom stereocenters. The van der Waals surface area contributed by atoms with Crippen molar-refractivity contribution in [1.82, 2.24) is 14.5 Å². The number of nitrogens with zero attached hydrogens (tertiary/aromatic N) is 4. The molecule has 2 aromatic rings. The van der Waals surface area contributed by atoms with Crippen molar-refractivity contribution in [3.05, 3.63) is 28.7 Å². The number of ether oxygens (including phenoxy) is 1. The highest BCUT2D eigenvalue weighted by Gasteiger charge is 2.23. The molecule has 0 unspecified atom stereocenters. The van der Waals surface area contributed by atoms with Gasteiger partial charge in [-0.25, -0.2) is 19.3 Å². The minimum atomic E-state index is -0.678. The zero-order valence-corrected chi connectivity index (χ0v) is 10.7. The van der Waals surface area contributed by atoms with Gasteiger partial charge in [0.2, 0.25) is 0 Å². The Morgan fingerprint density at radius 2 is 2.11 bits per heavy atom. The lowest BCUT2D eigenvalue weighted by atomic mass is 10.2. The fourth-order valence-electron chi connectivity index (χ4n) is 1.50. The first-order valence-corrected chi connectivity index (χ1v) is 5.49. The van der Waals surface area contributed by atoms with E-state index in [9.17, 15) is 14.9 Å². The zero-order valence-electron chi connectivity index (χ0n) is 10.7. The van der Waals surface area contributed by atoms with Crippen molar-refractivity contribution < 1.29 is 14.5 Å². The van der Waals surface area contributed by atoms with E-state index in [0.717, 1.165) is 4.57 Å². The second-order valence-corrected chi connectivity index (χ2v) is 4.85. The Labute approximate surface area is 108 Å². The Morgan fingerprint density at radius 3 is 2.68 bits per heavy atom. The molecule has 100 valence electrons. The SMILES string of the molecule is CC(C)(C)OC(=O)n1cnc2c([N+](=O)[O-])ccnc21. The predicted octanol–water partition coefficient (Wildman–Crippen LogP) is 2.12. The third-order valence-electron chi connectivity index (χ3n) is 2.20. The number of hydrogen-bond acceptors (Lipinski definition) is 6. The van der Waals surface area contributed by atoms with Gasteiger partial charge in [0.15, 0.2) is 11.2 Å². The summed E-state index contributed by atoms with van der Waals surface area (Å²) in [5.41, 5.74) is -0.719. The summed E-state index contributed by atoms with van der Waals surface area (Å²) < 4.78 is 6.21. The van der Waals surface area contributed by atoms with Gasteiger partial charge in [-0.15, -0.1) is 0 Å². The predicted molar refractivity (Wildman–Crippen MR) is 65.8 cm³/mol. The van der Waals surface area contributed by atoms with Gasteiger partial charge >= 0.3 is 6.09 Å². The number of fused-ring (bicyclic) bond motifs is 1. The number of carbonyl (C=O) groups is 1. The highest BCUT2D eigenvalue weighted by atomic mass is 16.6. The Kier molecular flexibility index (Phi) is 2.93. The number of rotatable bonds is 1. The highest BCUT2D eigenvalue weighted by molar-refractivity contribution is 5.88. The van der Waals surface area contributed by atoms with Gasteiger partial charge in [-0.2, -0.15) is 0 Å². The molecule has 2 aromatic heterocycles. The molecule has 0 fully saturated rings. The van der Waals surface area contributed by atoms with Gasteiger partial charge in [0.1, 0.15) is 11.9 Å². The minimum Gasteiger partial charge on any atom is -0.443 e.